The lowest BCUT2D eigenvalue weighted by Crippen LogP contribution is -2.24. The van der Waals surface area contributed by atoms with Crippen LogP contribution >= 0.6 is 0 Å². The highest BCUT2D eigenvalue weighted by atomic mass is 16.2. The molecular formula is C17H31NO. The number of unbranched alkanes of at least 4 members (excludes halogenated alkanes) is 6. The molecule has 0 aliphatic carbocycles. The zero-order valence-corrected chi connectivity index (χ0v) is 12.7. The van der Waals surface area contributed by atoms with Gasteiger partial charge in [-0.1, -0.05) is 51.3 Å². The molecule has 0 bridgehead atoms. The molecule has 0 aromatic rings. The lowest BCUT2D eigenvalue weighted by Gasteiger charge is -2.25. The van der Waals surface area contributed by atoms with Gasteiger partial charge in [-0.25, -0.2) is 0 Å². The average molecular weight is 265 g/mol. The zero-order chi connectivity index (χ0) is 14.5. The van der Waals surface area contributed by atoms with Crippen molar-refractivity contribution < 1.29 is 5.11 Å². The Morgan fingerprint density at radius 3 is 2.00 bits per heavy atom. The van der Waals surface area contributed by atoms with E-state index >= 15 is 0 Å². The molecule has 0 unspecified atom stereocenters. The maximum Gasteiger partial charge on any atom is 0.0431 e. The van der Waals surface area contributed by atoms with Crippen molar-refractivity contribution >= 4 is 0 Å². The average Bonchev–Trinajstić information content (AvgIpc) is 2.39. The number of aliphatic hydroxyl groups is 1. The van der Waals surface area contributed by atoms with Crippen LogP contribution in [-0.4, -0.2) is 29.7 Å². The molecule has 2 heteroatoms. The summed E-state index contributed by atoms with van der Waals surface area (Å²) in [7, 11) is 0. The molecule has 0 fully saturated rings. The topological polar surface area (TPSA) is 23.5 Å². The summed E-state index contributed by atoms with van der Waals surface area (Å²) >= 11 is 0. The normalized spacial score (nSPS) is 10.2. The molecule has 19 heavy (non-hydrogen) atoms. The van der Waals surface area contributed by atoms with Crippen molar-refractivity contribution in [2.24, 2.45) is 0 Å². The third-order valence-electron chi connectivity index (χ3n) is 3.31. The molecule has 0 heterocycles. The van der Waals surface area contributed by atoms with Gasteiger partial charge in [0, 0.05) is 25.4 Å². The summed E-state index contributed by atoms with van der Waals surface area (Å²) in [6.07, 6.45) is 10.3. The van der Waals surface area contributed by atoms with Crippen LogP contribution in [0.5, 0.6) is 0 Å². The number of rotatable bonds is 13. The highest BCUT2D eigenvalue weighted by Gasteiger charge is 2.05. The largest absolute Gasteiger partial charge is 0.396 e. The Balaban J connectivity index is 3.67. The van der Waals surface area contributed by atoms with E-state index in [2.05, 4.69) is 24.6 Å². The van der Waals surface area contributed by atoms with Crippen molar-refractivity contribution in [2.75, 3.05) is 19.7 Å². The predicted octanol–water partition coefficient (Wildman–Crippen LogP) is 4.29. The van der Waals surface area contributed by atoms with Crippen LogP contribution in [0.4, 0.5) is 0 Å². The molecule has 0 spiro atoms. The number of allylic oxidation sites excluding steroid dienone is 1. The van der Waals surface area contributed by atoms with Crippen molar-refractivity contribution in [1.29, 1.82) is 0 Å². The highest BCUT2D eigenvalue weighted by Crippen LogP contribution is 2.13. The maximum absolute atomic E-state index is 8.69. The minimum Gasteiger partial charge on any atom is -0.396 e. The lowest BCUT2D eigenvalue weighted by molar-refractivity contribution is 0.282. The van der Waals surface area contributed by atoms with E-state index in [0.29, 0.717) is 6.61 Å². The molecule has 0 aromatic heterocycles. The standard InChI is InChI=1S/C17H31NO/c1-5-13-18(17(4)16(2)3)14-11-9-7-6-8-10-12-15-19/h5,19H,1-2,4,6-15H2,3H3. The second-order valence-corrected chi connectivity index (χ2v) is 5.16. The van der Waals surface area contributed by atoms with Crippen LogP contribution in [0.25, 0.3) is 0 Å². The molecule has 2 nitrogen and oxygen atoms in total. The second kappa shape index (κ2) is 12.0. The molecular weight excluding hydrogens is 234 g/mol. The molecule has 110 valence electrons. The Kier molecular flexibility index (Phi) is 11.4. The fourth-order valence-corrected chi connectivity index (χ4v) is 2.06. The Bertz CT molecular complexity index is 270. The van der Waals surface area contributed by atoms with Gasteiger partial charge >= 0.3 is 0 Å². The minimum absolute atomic E-state index is 0.333. The van der Waals surface area contributed by atoms with E-state index < -0.39 is 0 Å². The van der Waals surface area contributed by atoms with Crippen molar-refractivity contribution in [3.05, 3.63) is 37.1 Å². The van der Waals surface area contributed by atoms with Crippen LogP contribution in [0.2, 0.25) is 0 Å². The van der Waals surface area contributed by atoms with Crippen molar-refractivity contribution in [3.63, 3.8) is 0 Å². The summed E-state index contributed by atoms with van der Waals surface area (Å²) in [5, 5.41) is 8.69. The van der Waals surface area contributed by atoms with Gasteiger partial charge in [0.2, 0.25) is 0 Å². The van der Waals surface area contributed by atoms with Crippen molar-refractivity contribution in [3.8, 4) is 0 Å². The summed E-state index contributed by atoms with van der Waals surface area (Å²) in [6.45, 7) is 16.0. The van der Waals surface area contributed by atoms with Crippen LogP contribution in [0.1, 0.15) is 51.9 Å². The molecule has 0 aliphatic rings. The first-order chi connectivity index (χ1) is 9.13. The highest BCUT2D eigenvalue weighted by molar-refractivity contribution is 5.21. The minimum atomic E-state index is 0.333. The van der Waals surface area contributed by atoms with Crippen LogP contribution < -0.4 is 0 Å². The van der Waals surface area contributed by atoms with Gasteiger partial charge in [0.1, 0.15) is 0 Å². The van der Waals surface area contributed by atoms with Gasteiger partial charge in [0.15, 0.2) is 0 Å². The summed E-state index contributed by atoms with van der Waals surface area (Å²) in [6, 6.07) is 0. The number of hydrogen-bond acceptors (Lipinski definition) is 2. The van der Waals surface area contributed by atoms with Gasteiger partial charge in [-0.3, -0.25) is 0 Å². The molecule has 0 radical (unpaired) electrons. The number of hydrogen-bond donors (Lipinski definition) is 1. The van der Waals surface area contributed by atoms with Gasteiger partial charge in [0.25, 0.3) is 0 Å². The third-order valence-corrected chi connectivity index (χ3v) is 3.31. The SMILES string of the molecule is C=CCN(CCCCCCCCCO)C(=C)C(=C)C. The summed E-state index contributed by atoms with van der Waals surface area (Å²) in [5.41, 5.74) is 2.06. The molecule has 0 saturated heterocycles. The van der Waals surface area contributed by atoms with E-state index in [1.54, 1.807) is 0 Å². The predicted molar refractivity (Wildman–Crippen MR) is 85.1 cm³/mol. The van der Waals surface area contributed by atoms with Crippen molar-refractivity contribution in [1.82, 2.24) is 4.90 Å². The Morgan fingerprint density at radius 2 is 1.53 bits per heavy atom. The van der Waals surface area contributed by atoms with E-state index in [0.717, 1.165) is 37.2 Å². The van der Waals surface area contributed by atoms with Gasteiger partial charge in [-0.15, -0.1) is 6.58 Å². The molecule has 0 atom stereocenters. The first-order valence-corrected chi connectivity index (χ1v) is 7.45. The van der Waals surface area contributed by atoms with E-state index in [1.807, 2.05) is 13.0 Å². The van der Waals surface area contributed by atoms with Gasteiger partial charge in [-0.05, 0) is 25.3 Å². The van der Waals surface area contributed by atoms with Crippen LogP contribution in [0.15, 0.2) is 37.1 Å². The molecule has 0 aliphatic heterocycles. The summed E-state index contributed by atoms with van der Waals surface area (Å²) in [4.78, 5) is 2.25. The lowest BCUT2D eigenvalue weighted by atomic mass is 10.1. The monoisotopic (exact) mass is 265 g/mol. The first kappa shape index (κ1) is 18.0. The molecule has 0 amide bonds. The summed E-state index contributed by atoms with van der Waals surface area (Å²) in [5.74, 6) is 0. The van der Waals surface area contributed by atoms with Crippen LogP contribution in [-0.2, 0) is 0 Å². The maximum atomic E-state index is 8.69. The van der Waals surface area contributed by atoms with E-state index in [-0.39, 0.29) is 0 Å². The molecule has 0 aromatic carbocycles. The van der Waals surface area contributed by atoms with E-state index in [1.165, 1.54) is 32.1 Å². The third kappa shape index (κ3) is 9.54. The van der Waals surface area contributed by atoms with E-state index in [4.69, 9.17) is 5.11 Å². The Morgan fingerprint density at radius 1 is 1.00 bits per heavy atom. The number of nitrogens with zero attached hydrogens (tertiary/aromatic N) is 1. The Labute approximate surface area is 119 Å². The fourth-order valence-electron chi connectivity index (χ4n) is 2.06. The number of aliphatic hydroxyl groups excluding tert-OH is 1. The van der Waals surface area contributed by atoms with E-state index in [9.17, 15) is 0 Å². The smallest absolute Gasteiger partial charge is 0.0431 e. The molecule has 1 N–H and O–H groups in total. The molecule has 0 saturated carbocycles. The fraction of sp³-hybridized carbons (Fsp3) is 0.647. The first-order valence-electron chi connectivity index (χ1n) is 7.45. The van der Waals surface area contributed by atoms with Gasteiger partial charge in [0.05, 0.1) is 0 Å². The Hall–Kier alpha value is -1.02. The van der Waals surface area contributed by atoms with Gasteiger partial charge in [-0.2, -0.15) is 0 Å². The second-order valence-electron chi connectivity index (χ2n) is 5.16. The molecule has 0 rings (SSSR count). The van der Waals surface area contributed by atoms with Crippen LogP contribution in [0.3, 0.4) is 0 Å². The summed E-state index contributed by atoms with van der Waals surface area (Å²) < 4.78 is 0. The van der Waals surface area contributed by atoms with Crippen molar-refractivity contribution in [2.45, 2.75) is 51.9 Å². The zero-order valence-electron chi connectivity index (χ0n) is 12.7. The van der Waals surface area contributed by atoms with Gasteiger partial charge < -0.3 is 10.0 Å². The van der Waals surface area contributed by atoms with Crippen LogP contribution in [0, 0.1) is 0 Å². The quantitative estimate of drug-likeness (QED) is 0.305.